The van der Waals surface area contributed by atoms with E-state index in [1.54, 1.807) is 0 Å². The van der Waals surface area contributed by atoms with Gasteiger partial charge in [0, 0.05) is 18.6 Å². The number of carbonyl (C=O) groups excluding carboxylic acids is 1. The maximum atomic E-state index is 13.0. The molecule has 1 aliphatic heterocycles. The minimum absolute atomic E-state index is 0.000903. The zero-order chi connectivity index (χ0) is 21.0. The Balaban J connectivity index is 1.69. The summed E-state index contributed by atoms with van der Waals surface area (Å²) in [5, 5.41) is 13.7. The summed E-state index contributed by atoms with van der Waals surface area (Å²) < 4.78 is 5.81. The van der Waals surface area contributed by atoms with Crippen molar-refractivity contribution in [1.29, 1.82) is 0 Å². The standard InChI is InChI=1S/C24H32N2O3/c1-17-9-5-8-12-22(17)29-16-20(27)15-26-14-19-11-7-6-10-18(19)13-21(26)23(28)25-24(2,3)4/h5-12,20-21,27H,13-16H2,1-4H3,(H,25,28). The number of aliphatic hydroxyl groups excluding tert-OH is 1. The molecular weight excluding hydrogens is 364 g/mol. The third kappa shape index (κ3) is 5.81. The Morgan fingerprint density at radius 3 is 2.52 bits per heavy atom. The first-order valence-corrected chi connectivity index (χ1v) is 10.2. The molecule has 5 nitrogen and oxygen atoms in total. The number of para-hydroxylation sites is 1. The van der Waals surface area contributed by atoms with Crippen molar-refractivity contribution in [3.8, 4) is 5.75 Å². The fraction of sp³-hybridized carbons (Fsp3) is 0.458. The van der Waals surface area contributed by atoms with Gasteiger partial charge in [0.15, 0.2) is 0 Å². The lowest BCUT2D eigenvalue weighted by Gasteiger charge is -2.38. The van der Waals surface area contributed by atoms with Gasteiger partial charge in [0.1, 0.15) is 18.5 Å². The van der Waals surface area contributed by atoms with E-state index in [2.05, 4.69) is 22.3 Å². The van der Waals surface area contributed by atoms with Crippen molar-refractivity contribution in [3.05, 3.63) is 65.2 Å². The highest BCUT2D eigenvalue weighted by molar-refractivity contribution is 5.83. The number of aliphatic hydroxyl groups is 1. The van der Waals surface area contributed by atoms with E-state index in [-0.39, 0.29) is 24.1 Å². The predicted octanol–water partition coefficient (Wildman–Crippen LogP) is 3.08. The number of hydrogen-bond acceptors (Lipinski definition) is 4. The van der Waals surface area contributed by atoms with Crippen molar-refractivity contribution < 1.29 is 14.6 Å². The lowest BCUT2D eigenvalue weighted by Crippen LogP contribution is -2.56. The van der Waals surface area contributed by atoms with E-state index in [0.717, 1.165) is 11.3 Å². The van der Waals surface area contributed by atoms with Gasteiger partial charge in [0.05, 0.1) is 6.04 Å². The van der Waals surface area contributed by atoms with Crippen molar-refractivity contribution >= 4 is 5.91 Å². The van der Waals surface area contributed by atoms with Crippen LogP contribution >= 0.6 is 0 Å². The largest absolute Gasteiger partial charge is 0.491 e. The number of amides is 1. The molecule has 156 valence electrons. The monoisotopic (exact) mass is 396 g/mol. The number of carbonyl (C=O) groups is 1. The van der Waals surface area contributed by atoms with Crippen LogP contribution in [0, 0.1) is 6.92 Å². The highest BCUT2D eigenvalue weighted by Gasteiger charge is 2.34. The van der Waals surface area contributed by atoms with Crippen LogP contribution in [-0.2, 0) is 17.8 Å². The van der Waals surface area contributed by atoms with Crippen molar-refractivity contribution in [3.63, 3.8) is 0 Å². The fourth-order valence-corrected chi connectivity index (χ4v) is 3.71. The number of β-amino-alcohol motifs (C(OH)–C–C–N with tert-alkyl or cyclic N) is 1. The maximum absolute atomic E-state index is 13.0. The summed E-state index contributed by atoms with van der Waals surface area (Å²) in [7, 11) is 0. The molecule has 3 rings (SSSR count). The average molecular weight is 397 g/mol. The molecule has 2 aromatic carbocycles. The van der Waals surface area contributed by atoms with Gasteiger partial charge in [-0.15, -0.1) is 0 Å². The van der Waals surface area contributed by atoms with Crippen molar-refractivity contribution in [2.45, 2.75) is 58.3 Å². The molecule has 0 aromatic heterocycles. The molecule has 0 aliphatic carbocycles. The first-order valence-electron chi connectivity index (χ1n) is 10.2. The van der Waals surface area contributed by atoms with E-state index in [0.29, 0.717) is 19.5 Å². The number of hydrogen-bond donors (Lipinski definition) is 2. The van der Waals surface area contributed by atoms with E-state index >= 15 is 0 Å². The minimum atomic E-state index is -0.690. The van der Waals surface area contributed by atoms with E-state index < -0.39 is 6.10 Å². The maximum Gasteiger partial charge on any atom is 0.238 e. The Labute approximate surface area is 173 Å². The summed E-state index contributed by atoms with van der Waals surface area (Å²) >= 11 is 0. The predicted molar refractivity (Wildman–Crippen MR) is 115 cm³/mol. The molecular formula is C24H32N2O3. The molecule has 0 saturated heterocycles. The normalized spacial score (nSPS) is 18.0. The number of rotatable bonds is 6. The number of ether oxygens (including phenoxy) is 1. The second-order valence-electron chi connectivity index (χ2n) is 8.89. The molecule has 0 radical (unpaired) electrons. The molecule has 5 heteroatoms. The number of nitrogens with zero attached hydrogens (tertiary/aromatic N) is 1. The summed E-state index contributed by atoms with van der Waals surface area (Å²) in [5.74, 6) is 0.775. The average Bonchev–Trinajstić information content (AvgIpc) is 2.65. The third-order valence-electron chi connectivity index (χ3n) is 5.12. The van der Waals surface area contributed by atoms with E-state index in [9.17, 15) is 9.90 Å². The van der Waals surface area contributed by atoms with Gasteiger partial charge in [-0.2, -0.15) is 0 Å². The minimum Gasteiger partial charge on any atom is -0.491 e. The summed E-state index contributed by atoms with van der Waals surface area (Å²) in [6, 6.07) is 15.7. The van der Waals surface area contributed by atoms with Gasteiger partial charge in [-0.05, 0) is 56.9 Å². The Morgan fingerprint density at radius 2 is 1.83 bits per heavy atom. The quantitative estimate of drug-likeness (QED) is 0.788. The molecule has 0 spiro atoms. The number of benzene rings is 2. The summed E-state index contributed by atoms with van der Waals surface area (Å²) in [4.78, 5) is 15.0. The van der Waals surface area contributed by atoms with Gasteiger partial charge in [0.25, 0.3) is 0 Å². The SMILES string of the molecule is Cc1ccccc1OCC(O)CN1Cc2ccccc2CC1C(=O)NC(C)(C)C. The van der Waals surface area contributed by atoms with Gasteiger partial charge in [-0.25, -0.2) is 0 Å². The van der Waals surface area contributed by atoms with Crippen LogP contribution in [0.5, 0.6) is 5.75 Å². The van der Waals surface area contributed by atoms with Crippen molar-refractivity contribution in [2.75, 3.05) is 13.2 Å². The lowest BCUT2D eigenvalue weighted by molar-refractivity contribution is -0.129. The highest BCUT2D eigenvalue weighted by atomic mass is 16.5. The fourth-order valence-electron chi connectivity index (χ4n) is 3.71. The smallest absolute Gasteiger partial charge is 0.238 e. The van der Waals surface area contributed by atoms with E-state index in [1.165, 1.54) is 11.1 Å². The molecule has 2 unspecified atom stereocenters. The van der Waals surface area contributed by atoms with Gasteiger partial charge >= 0.3 is 0 Å². The molecule has 1 heterocycles. The second-order valence-corrected chi connectivity index (χ2v) is 8.89. The van der Waals surface area contributed by atoms with Crippen LogP contribution in [-0.4, -0.2) is 46.7 Å². The van der Waals surface area contributed by atoms with Crippen LogP contribution in [0.25, 0.3) is 0 Å². The van der Waals surface area contributed by atoms with Gasteiger partial charge < -0.3 is 15.2 Å². The summed E-state index contributed by atoms with van der Waals surface area (Å²) in [5.41, 5.74) is 3.14. The number of aryl methyl sites for hydroxylation is 1. The second kappa shape index (κ2) is 8.97. The van der Waals surface area contributed by atoms with Crippen molar-refractivity contribution in [1.82, 2.24) is 10.2 Å². The first kappa shape index (κ1) is 21.3. The van der Waals surface area contributed by atoms with Crippen LogP contribution in [0.2, 0.25) is 0 Å². The van der Waals surface area contributed by atoms with Crippen LogP contribution < -0.4 is 10.1 Å². The number of fused-ring (bicyclic) bond motifs is 1. The molecule has 29 heavy (non-hydrogen) atoms. The van der Waals surface area contributed by atoms with Gasteiger partial charge in [-0.1, -0.05) is 42.5 Å². The van der Waals surface area contributed by atoms with E-state index in [4.69, 9.17) is 4.74 Å². The molecule has 2 N–H and O–H groups in total. The van der Waals surface area contributed by atoms with Crippen LogP contribution in [0.1, 0.15) is 37.5 Å². The number of nitrogens with one attached hydrogen (secondary N) is 1. The third-order valence-corrected chi connectivity index (χ3v) is 5.12. The molecule has 0 bridgehead atoms. The van der Waals surface area contributed by atoms with Gasteiger partial charge in [-0.3, -0.25) is 9.69 Å². The molecule has 0 saturated carbocycles. The summed E-state index contributed by atoms with van der Waals surface area (Å²) in [6.45, 7) is 9.14. The van der Waals surface area contributed by atoms with Crippen LogP contribution in [0.3, 0.4) is 0 Å². The Kier molecular flexibility index (Phi) is 6.60. The van der Waals surface area contributed by atoms with Crippen LogP contribution in [0.15, 0.2) is 48.5 Å². The zero-order valence-electron chi connectivity index (χ0n) is 17.8. The molecule has 0 fully saturated rings. The summed E-state index contributed by atoms with van der Waals surface area (Å²) in [6.07, 6.45) is -0.0477. The Bertz CT molecular complexity index is 844. The topological polar surface area (TPSA) is 61.8 Å². The van der Waals surface area contributed by atoms with E-state index in [1.807, 2.05) is 64.1 Å². The highest BCUT2D eigenvalue weighted by Crippen LogP contribution is 2.24. The van der Waals surface area contributed by atoms with Gasteiger partial charge in [0.2, 0.25) is 5.91 Å². The first-order chi connectivity index (χ1) is 13.7. The Morgan fingerprint density at radius 1 is 1.17 bits per heavy atom. The Hall–Kier alpha value is -2.37. The molecule has 2 aromatic rings. The zero-order valence-corrected chi connectivity index (χ0v) is 17.8. The van der Waals surface area contributed by atoms with Crippen LogP contribution in [0.4, 0.5) is 0 Å². The lowest BCUT2D eigenvalue weighted by atomic mass is 9.92. The molecule has 1 aliphatic rings. The molecule has 2 atom stereocenters. The van der Waals surface area contributed by atoms with Crippen molar-refractivity contribution in [2.24, 2.45) is 0 Å². The molecule has 1 amide bonds.